The molecule has 0 N–H and O–H groups in total. The van der Waals surface area contributed by atoms with Gasteiger partial charge in [0.2, 0.25) is 0 Å². The molecule has 18 heavy (non-hydrogen) atoms. The SMILES string of the molecule is CCN(C(=O)C1=Cc2ccccc2OC1)C1CC1. The lowest BCUT2D eigenvalue weighted by molar-refractivity contribution is -0.127. The molecule has 94 valence electrons. The average molecular weight is 243 g/mol. The summed E-state index contributed by atoms with van der Waals surface area (Å²) in [6.07, 6.45) is 4.25. The van der Waals surface area contributed by atoms with Gasteiger partial charge in [-0.1, -0.05) is 18.2 Å². The minimum atomic E-state index is 0.134. The second-order valence-electron chi connectivity index (χ2n) is 4.82. The summed E-state index contributed by atoms with van der Waals surface area (Å²) in [6, 6.07) is 8.29. The fourth-order valence-electron chi connectivity index (χ4n) is 2.38. The highest BCUT2D eigenvalue weighted by molar-refractivity contribution is 5.99. The van der Waals surface area contributed by atoms with Gasteiger partial charge in [-0.2, -0.15) is 0 Å². The number of carbonyl (C=O) groups excluding carboxylic acids is 1. The van der Waals surface area contributed by atoms with E-state index < -0.39 is 0 Å². The molecule has 1 aromatic rings. The van der Waals surface area contributed by atoms with Crippen LogP contribution in [0.2, 0.25) is 0 Å². The predicted molar refractivity (Wildman–Crippen MR) is 70.3 cm³/mol. The van der Waals surface area contributed by atoms with Crippen LogP contribution in [0.3, 0.4) is 0 Å². The van der Waals surface area contributed by atoms with Crippen LogP contribution in [-0.4, -0.2) is 30.0 Å². The van der Waals surface area contributed by atoms with Crippen molar-refractivity contribution in [3.8, 4) is 5.75 Å². The smallest absolute Gasteiger partial charge is 0.253 e. The zero-order valence-electron chi connectivity index (χ0n) is 10.6. The van der Waals surface area contributed by atoms with Crippen molar-refractivity contribution in [2.75, 3.05) is 13.2 Å². The van der Waals surface area contributed by atoms with E-state index in [4.69, 9.17) is 4.74 Å². The van der Waals surface area contributed by atoms with E-state index in [9.17, 15) is 4.79 Å². The summed E-state index contributed by atoms with van der Waals surface area (Å²) in [5.41, 5.74) is 1.77. The molecule has 1 aliphatic heterocycles. The maximum Gasteiger partial charge on any atom is 0.253 e. The van der Waals surface area contributed by atoms with Crippen molar-refractivity contribution in [1.82, 2.24) is 4.90 Å². The number of nitrogens with zero attached hydrogens (tertiary/aromatic N) is 1. The number of likely N-dealkylation sites (N-methyl/N-ethyl adjacent to an activating group) is 1. The molecule has 3 nitrogen and oxygen atoms in total. The van der Waals surface area contributed by atoms with Gasteiger partial charge in [0.25, 0.3) is 5.91 Å². The molecule has 1 fully saturated rings. The number of rotatable bonds is 3. The number of benzene rings is 1. The van der Waals surface area contributed by atoms with Gasteiger partial charge in [0.15, 0.2) is 0 Å². The zero-order chi connectivity index (χ0) is 12.5. The topological polar surface area (TPSA) is 29.5 Å². The fourth-order valence-corrected chi connectivity index (χ4v) is 2.38. The predicted octanol–water partition coefficient (Wildman–Crippen LogP) is 2.47. The molecular weight excluding hydrogens is 226 g/mol. The van der Waals surface area contributed by atoms with Gasteiger partial charge >= 0.3 is 0 Å². The Kier molecular flexibility index (Phi) is 2.82. The first kappa shape index (κ1) is 11.3. The van der Waals surface area contributed by atoms with Crippen molar-refractivity contribution in [3.63, 3.8) is 0 Å². The zero-order valence-corrected chi connectivity index (χ0v) is 10.6. The molecule has 0 atom stereocenters. The summed E-state index contributed by atoms with van der Waals surface area (Å²) < 4.78 is 5.64. The Hall–Kier alpha value is -1.77. The Bertz CT molecular complexity index is 503. The molecule has 0 radical (unpaired) electrons. The van der Waals surface area contributed by atoms with Crippen LogP contribution < -0.4 is 4.74 Å². The van der Waals surface area contributed by atoms with E-state index in [1.165, 1.54) is 0 Å². The van der Waals surface area contributed by atoms with Crippen LogP contribution in [0.15, 0.2) is 29.8 Å². The maximum absolute atomic E-state index is 12.4. The molecule has 2 aliphatic rings. The van der Waals surface area contributed by atoms with Crippen molar-refractivity contribution in [3.05, 3.63) is 35.4 Å². The molecular formula is C15H17NO2. The van der Waals surface area contributed by atoms with Gasteiger partial charge in [0.1, 0.15) is 12.4 Å². The van der Waals surface area contributed by atoms with Gasteiger partial charge < -0.3 is 9.64 Å². The van der Waals surface area contributed by atoms with E-state index in [2.05, 4.69) is 0 Å². The van der Waals surface area contributed by atoms with Crippen molar-refractivity contribution >= 4 is 12.0 Å². The minimum Gasteiger partial charge on any atom is -0.488 e. The summed E-state index contributed by atoms with van der Waals surface area (Å²) >= 11 is 0. The van der Waals surface area contributed by atoms with E-state index in [1.807, 2.05) is 42.2 Å². The summed E-state index contributed by atoms with van der Waals surface area (Å²) in [5.74, 6) is 0.998. The quantitative estimate of drug-likeness (QED) is 0.816. The standard InChI is InChI=1S/C15H17NO2/c1-2-16(13-7-8-13)15(17)12-9-11-5-3-4-6-14(11)18-10-12/h3-6,9,13H,2,7-8,10H2,1H3. The highest BCUT2D eigenvalue weighted by Crippen LogP contribution is 2.30. The first-order valence-corrected chi connectivity index (χ1v) is 6.53. The molecule has 1 saturated carbocycles. The Balaban J connectivity index is 1.85. The van der Waals surface area contributed by atoms with Crippen LogP contribution in [0.5, 0.6) is 5.75 Å². The highest BCUT2D eigenvalue weighted by Gasteiger charge is 2.33. The Morgan fingerprint density at radius 2 is 2.17 bits per heavy atom. The molecule has 3 rings (SSSR count). The van der Waals surface area contributed by atoms with Crippen LogP contribution in [0.4, 0.5) is 0 Å². The highest BCUT2D eigenvalue weighted by atomic mass is 16.5. The first-order chi connectivity index (χ1) is 8.79. The lowest BCUT2D eigenvalue weighted by atomic mass is 10.1. The number of para-hydroxylation sites is 1. The van der Waals surface area contributed by atoms with Crippen LogP contribution >= 0.6 is 0 Å². The van der Waals surface area contributed by atoms with Crippen molar-refractivity contribution in [1.29, 1.82) is 0 Å². The van der Waals surface area contributed by atoms with E-state index in [-0.39, 0.29) is 5.91 Å². The third-order valence-electron chi connectivity index (χ3n) is 3.50. The average Bonchev–Trinajstić information content (AvgIpc) is 3.23. The van der Waals surface area contributed by atoms with Gasteiger partial charge in [-0.15, -0.1) is 0 Å². The molecule has 0 aromatic heterocycles. The van der Waals surface area contributed by atoms with Gasteiger partial charge in [-0.05, 0) is 31.9 Å². The molecule has 0 saturated heterocycles. The monoisotopic (exact) mass is 243 g/mol. The maximum atomic E-state index is 12.4. The molecule has 1 aliphatic carbocycles. The van der Waals surface area contributed by atoms with Crippen LogP contribution in [0.25, 0.3) is 6.08 Å². The van der Waals surface area contributed by atoms with Crippen LogP contribution in [-0.2, 0) is 4.79 Å². The molecule has 1 amide bonds. The second-order valence-corrected chi connectivity index (χ2v) is 4.82. The molecule has 1 heterocycles. The van der Waals surface area contributed by atoms with Gasteiger partial charge in [-0.25, -0.2) is 0 Å². The van der Waals surface area contributed by atoms with E-state index in [1.54, 1.807) is 0 Å². The Labute approximate surface area is 107 Å². The third-order valence-corrected chi connectivity index (χ3v) is 3.50. The number of carbonyl (C=O) groups is 1. The number of amides is 1. The van der Waals surface area contributed by atoms with Crippen molar-refractivity contribution < 1.29 is 9.53 Å². The van der Waals surface area contributed by atoms with Gasteiger partial charge in [-0.3, -0.25) is 4.79 Å². The summed E-state index contributed by atoms with van der Waals surface area (Å²) in [4.78, 5) is 14.4. The van der Waals surface area contributed by atoms with Crippen LogP contribution in [0.1, 0.15) is 25.3 Å². The van der Waals surface area contributed by atoms with E-state index >= 15 is 0 Å². The molecule has 0 unspecified atom stereocenters. The summed E-state index contributed by atoms with van der Waals surface area (Å²) in [6.45, 7) is 3.20. The summed E-state index contributed by atoms with van der Waals surface area (Å²) in [7, 11) is 0. The van der Waals surface area contributed by atoms with Crippen molar-refractivity contribution in [2.24, 2.45) is 0 Å². The lowest BCUT2D eigenvalue weighted by Gasteiger charge is -2.24. The fraction of sp³-hybridized carbons (Fsp3) is 0.400. The van der Waals surface area contributed by atoms with Gasteiger partial charge in [0, 0.05) is 18.2 Å². The second kappa shape index (κ2) is 4.48. The Morgan fingerprint density at radius 1 is 1.39 bits per heavy atom. The molecule has 0 spiro atoms. The lowest BCUT2D eigenvalue weighted by Crippen LogP contribution is -2.35. The number of hydrogen-bond donors (Lipinski definition) is 0. The summed E-state index contributed by atoms with van der Waals surface area (Å²) in [5, 5.41) is 0. The largest absolute Gasteiger partial charge is 0.488 e. The number of hydrogen-bond acceptors (Lipinski definition) is 2. The number of ether oxygens (including phenoxy) is 1. The number of fused-ring (bicyclic) bond motifs is 1. The molecule has 0 bridgehead atoms. The third kappa shape index (κ3) is 2.01. The van der Waals surface area contributed by atoms with Crippen molar-refractivity contribution in [2.45, 2.75) is 25.8 Å². The first-order valence-electron chi connectivity index (χ1n) is 6.53. The van der Waals surface area contributed by atoms with Gasteiger partial charge in [0.05, 0.1) is 5.57 Å². The molecule has 3 heteroatoms. The normalized spacial score (nSPS) is 17.5. The Morgan fingerprint density at radius 3 is 2.89 bits per heavy atom. The van der Waals surface area contributed by atoms with E-state index in [0.29, 0.717) is 12.6 Å². The minimum absolute atomic E-state index is 0.134. The van der Waals surface area contributed by atoms with Crippen LogP contribution in [0, 0.1) is 0 Å². The van der Waals surface area contributed by atoms with E-state index in [0.717, 1.165) is 36.3 Å². The molecule has 1 aromatic carbocycles.